The Morgan fingerprint density at radius 2 is 1.74 bits per heavy atom. The van der Waals surface area contributed by atoms with Crippen molar-refractivity contribution in [3.63, 3.8) is 0 Å². The highest BCUT2D eigenvalue weighted by molar-refractivity contribution is 5.87. The Labute approximate surface area is 182 Å². The van der Waals surface area contributed by atoms with Gasteiger partial charge in [-0.2, -0.15) is 0 Å². The van der Waals surface area contributed by atoms with Crippen molar-refractivity contribution in [3.05, 3.63) is 59.4 Å². The van der Waals surface area contributed by atoms with Crippen molar-refractivity contribution in [1.29, 1.82) is 0 Å². The average molecular weight is 429 g/mol. The lowest BCUT2D eigenvalue weighted by atomic mass is 10.1. The van der Waals surface area contributed by atoms with Crippen molar-refractivity contribution < 1.29 is 23.5 Å². The number of halogens is 1. The number of carbonyl (C=O) groups is 2. The molecule has 0 saturated carbocycles. The minimum atomic E-state index is -0.650. The van der Waals surface area contributed by atoms with Crippen molar-refractivity contribution in [2.45, 2.75) is 58.7 Å². The Morgan fingerprint density at radius 1 is 1.06 bits per heavy atom. The molecule has 31 heavy (non-hydrogen) atoms. The van der Waals surface area contributed by atoms with Crippen molar-refractivity contribution in [3.8, 4) is 11.5 Å². The molecule has 7 heteroatoms. The van der Waals surface area contributed by atoms with E-state index in [1.54, 1.807) is 24.0 Å². The third kappa shape index (κ3) is 5.96. The molecule has 0 saturated heterocycles. The molecule has 3 rings (SSSR count). The van der Waals surface area contributed by atoms with Gasteiger partial charge in [0.15, 0.2) is 11.5 Å². The summed E-state index contributed by atoms with van der Waals surface area (Å²) in [6.45, 7) is 6.07. The Bertz CT molecular complexity index is 916. The van der Waals surface area contributed by atoms with Crippen LogP contribution in [0, 0.1) is 5.82 Å². The smallest absolute Gasteiger partial charge is 0.242 e. The summed E-state index contributed by atoms with van der Waals surface area (Å²) in [6.07, 6.45) is 1.55. The van der Waals surface area contributed by atoms with E-state index in [0.717, 1.165) is 17.5 Å². The van der Waals surface area contributed by atoms with E-state index in [9.17, 15) is 14.0 Å². The first-order valence-electron chi connectivity index (χ1n) is 10.6. The first-order valence-corrected chi connectivity index (χ1v) is 10.6. The summed E-state index contributed by atoms with van der Waals surface area (Å²) in [7, 11) is 0. The maximum Gasteiger partial charge on any atom is 0.242 e. The SMILES string of the molecule is CC[C@@H](C)NC(=O)[C@@H](C)N(Cc1ccc(F)cc1)C(=O)CCc1ccc2c(c1)OCO2. The molecule has 0 radical (unpaired) electrons. The van der Waals surface area contributed by atoms with Crippen LogP contribution in [0.2, 0.25) is 0 Å². The van der Waals surface area contributed by atoms with Gasteiger partial charge in [0.05, 0.1) is 0 Å². The predicted octanol–water partition coefficient (Wildman–Crippen LogP) is 3.82. The maximum atomic E-state index is 13.3. The zero-order chi connectivity index (χ0) is 22.4. The number of hydrogen-bond acceptors (Lipinski definition) is 4. The summed E-state index contributed by atoms with van der Waals surface area (Å²) < 4.78 is 24.0. The van der Waals surface area contributed by atoms with Crippen LogP contribution < -0.4 is 14.8 Å². The van der Waals surface area contributed by atoms with E-state index in [4.69, 9.17) is 9.47 Å². The van der Waals surface area contributed by atoms with Gasteiger partial charge in [-0.05, 0) is 62.1 Å². The third-order valence-electron chi connectivity index (χ3n) is 5.50. The summed E-state index contributed by atoms with van der Waals surface area (Å²) in [4.78, 5) is 27.4. The molecule has 0 spiro atoms. The second kappa shape index (κ2) is 10.3. The van der Waals surface area contributed by atoms with Gasteiger partial charge >= 0.3 is 0 Å². The topological polar surface area (TPSA) is 67.9 Å². The summed E-state index contributed by atoms with van der Waals surface area (Å²) in [5.41, 5.74) is 1.72. The van der Waals surface area contributed by atoms with Crippen molar-refractivity contribution in [1.82, 2.24) is 10.2 Å². The number of fused-ring (bicyclic) bond motifs is 1. The zero-order valence-electron chi connectivity index (χ0n) is 18.2. The van der Waals surface area contributed by atoms with E-state index < -0.39 is 6.04 Å². The van der Waals surface area contributed by atoms with Crippen LogP contribution in [0.5, 0.6) is 11.5 Å². The Balaban J connectivity index is 1.71. The van der Waals surface area contributed by atoms with Gasteiger partial charge < -0.3 is 19.7 Å². The average Bonchev–Trinajstić information content (AvgIpc) is 3.24. The fourth-order valence-corrected chi connectivity index (χ4v) is 3.33. The van der Waals surface area contributed by atoms with Gasteiger partial charge in [0, 0.05) is 19.0 Å². The van der Waals surface area contributed by atoms with E-state index in [1.165, 1.54) is 12.1 Å². The predicted molar refractivity (Wildman–Crippen MR) is 115 cm³/mol. The molecule has 0 aromatic heterocycles. The van der Waals surface area contributed by atoms with E-state index >= 15 is 0 Å². The number of benzene rings is 2. The number of nitrogens with zero attached hydrogens (tertiary/aromatic N) is 1. The van der Waals surface area contributed by atoms with Gasteiger partial charge in [0.2, 0.25) is 18.6 Å². The lowest BCUT2D eigenvalue weighted by Crippen LogP contribution is -2.49. The standard InChI is InChI=1S/C24H29FN2O4/c1-4-16(2)26-24(29)17(3)27(14-19-5-9-20(25)10-6-19)23(28)12-8-18-7-11-21-22(13-18)31-15-30-21/h5-7,9-11,13,16-17H,4,8,12,14-15H2,1-3H3,(H,26,29)/t16-,17-/m1/s1. The highest BCUT2D eigenvalue weighted by atomic mass is 19.1. The van der Waals surface area contributed by atoms with Crippen LogP contribution in [0.15, 0.2) is 42.5 Å². The van der Waals surface area contributed by atoms with Crippen molar-refractivity contribution >= 4 is 11.8 Å². The number of ether oxygens (including phenoxy) is 2. The summed E-state index contributed by atoms with van der Waals surface area (Å²) in [5.74, 6) is 0.687. The molecule has 6 nitrogen and oxygen atoms in total. The lowest BCUT2D eigenvalue weighted by Gasteiger charge is -2.29. The quantitative estimate of drug-likeness (QED) is 0.659. The summed E-state index contributed by atoms with van der Waals surface area (Å²) >= 11 is 0. The van der Waals surface area contributed by atoms with Crippen LogP contribution in [0.3, 0.4) is 0 Å². The normalized spacial score (nSPS) is 14.1. The molecule has 2 aromatic rings. The molecule has 2 atom stereocenters. The Hall–Kier alpha value is -3.09. The second-order valence-electron chi connectivity index (χ2n) is 7.83. The van der Waals surface area contributed by atoms with Gasteiger partial charge in [0.25, 0.3) is 0 Å². The van der Waals surface area contributed by atoms with Crippen molar-refractivity contribution in [2.24, 2.45) is 0 Å². The molecule has 1 aliphatic heterocycles. The van der Waals surface area contributed by atoms with Crippen LogP contribution in [0.1, 0.15) is 44.7 Å². The molecule has 1 N–H and O–H groups in total. The molecule has 0 unspecified atom stereocenters. The van der Waals surface area contributed by atoms with E-state index in [2.05, 4.69) is 5.32 Å². The molecule has 2 aromatic carbocycles. The fourth-order valence-electron chi connectivity index (χ4n) is 3.33. The highest BCUT2D eigenvalue weighted by Gasteiger charge is 2.26. The monoisotopic (exact) mass is 428 g/mol. The van der Waals surface area contributed by atoms with Crippen LogP contribution >= 0.6 is 0 Å². The van der Waals surface area contributed by atoms with Crippen LogP contribution in [-0.4, -0.2) is 35.6 Å². The number of amides is 2. The van der Waals surface area contributed by atoms with E-state index in [1.807, 2.05) is 32.0 Å². The van der Waals surface area contributed by atoms with Crippen LogP contribution in [-0.2, 0) is 22.6 Å². The van der Waals surface area contributed by atoms with Crippen LogP contribution in [0.25, 0.3) is 0 Å². The number of nitrogens with one attached hydrogen (secondary N) is 1. The minimum absolute atomic E-state index is 0.0198. The third-order valence-corrected chi connectivity index (χ3v) is 5.50. The van der Waals surface area contributed by atoms with Gasteiger partial charge in [-0.15, -0.1) is 0 Å². The number of rotatable bonds is 9. The first-order chi connectivity index (χ1) is 14.9. The molecule has 0 bridgehead atoms. The highest BCUT2D eigenvalue weighted by Crippen LogP contribution is 2.32. The van der Waals surface area contributed by atoms with Crippen molar-refractivity contribution in [2.75, 3.05) is 6.79 Å². The Morgan fingerprint density at radius 3 is 2.45 bits per heavy atom. The molecule has 0 fully saturated rings. The minimum Gasteiger partial charge on any atom is -0.454 e. The largest absolute Gasteiger partial charge is 0.454 e. The maximum absolute atomic E-state index is 13.3. The first kappa shape index (κ1) is 22.6. The molecule has 1 heterocycles. The molecule has 1 aliphatic rings. The van der Waals surface area contributed by atoms with Gasteiger partial charge in [-0.1, -0.05) is 25.1 Å². The number of hydrogen-bond donors (Lipinski definition) is 1. The number of aryl methyl sites for hydroxylation is 1. The van der Waals surface area contributed by atoms with E-state index in [-0.39, 0.29) is 43.4 Å². The second-order valence-corrected chi connectivity index (χ2v) is 7.83. The summed E-state index contributed by atoms with van der Waals surface area (Å²) in [6, 6.07) is 11.0. The molecule has 0 aliphatic carbocycles. The van der Waals surface area contributed by atoms with Gasteiger partial charge in [0.1, 0.15) is 11.9 Å². The summed E-state index contributed by atoms with van der Waals surface area (Å²) in [5, 5.41) is 2.94. The lowest BCUT2D eigenvalue weighted by molar-refractivity contribution is -0.140. The van der Waals surface area contributed by atoms with Crippen LogP contribution in [0.4, 0.5) is 4.39 Å². The number of carbonyl (C=O) groups excluding carboxylic acids is 2. The van der Waals surface area contributed by atoms with E-state index in [0.29, 0.717) is 17.9 Å². The molecule has 2 amide bonds. The van der Waals surface area contributed by atoms with Gasteiger partial charge in [-0.3, -0.25) is 9.59 Å². The Kier molecular flexibility index (Phi) is 7.50. The zero-order valence-corrected chi connectivity index (χ0v) is 18.2. The fraction of sp³-hybridized carbons (Fsp3) is 0.417. The molecule has 166 valence electrons. The van der Waals surface area contributed by atoms with Gasteiger partial charge in [-0.25, -0.2) is 4.39 Å². The molecular formula is C24H29FN2O4. The molecular weight excluding hydrogens is 399 g/mol.